The minimum absolute atomic E-state index is 0.186. The van der Waals surface area contributed by atoms with E-state index in [1.807, 2.05) is 11.5 Å². The van der Waals surface area contributed by atoms with E-state index in [0.29, 0.717) is 54.0 Å². The summed E-state index contributed by atoms with van der Waals surface area (Å²) < 4.78 is 23.3. The molecule has 1 aliphatic rings. The van der Waals surface area contributed by atoms with Crippen LogP contribution >= 0.6 is 11.6 Å². The Bertz CT molecular complexity index is 1160. The first kappa shape index (κ1) is 21.0. The van der Waals surface area contributed by atoms with Gasteiger partial charge in [0.1, 0.15) is 5.76 Å². The van der Waals surface area contributed by atoms with Crippen molar-refractivity contribution in [1.29, 1.82) is 0 Å². The Morgan fingerprint density at radius 1 is 1.13 bits per heavy atom. The Labute approximate surface area is 183 Å². The maximum Gasteiger partial charge on any atom is 0.338 e. The average molecular weight is 445 g/mol. The van der Waals surface area contributed by atoms with Gasteiger partial charge in [0.15, 0.2) is 23.9 Å². The molecular weight excluding hydrogens is 424 g/mol. The topological polar surface area (TPSA) is 92.8 Å². The highest BCUT2D eigenvalue weighted by Gasteiger charge is 2.22. The molecule has 4 rings (SSSR count). The third-order valence-corrected chi connectivity index (χ3v) is 5.23. The van der Waals surface area contributed by atoms with E-state index < -0.39 is 12.6 Å². The highest BCUT2D eigenvalue weighted by Crippen LogP contribution is 2.38. The van der Waals surface area contributed by atoms with Gasteiger partial charge in [-0.05, 0) is 39.0 Å². The Kier molecular flexibility index (Phi) is 5.73. The SMILES string of the molecule is Cc1cc(-n2c(C)cc(C(=O)COC(=O)c3cc(Cl)c4c(c3)OCCCO4)c2C)no1. The summed E-state index contributed by atoms with van der Waals surface area (Å²) in [7, 11) is 0. The molecule has 1 aromatic carbocycles. The Hall–Kier alpha value is -3.26. The molecule has 3 heterocycles. The standard InChI is InChI=1S/C22H21ClN2O6/c1-12-7-16(14(3)25(12)20-8-13(2)31-24-20)18(26)11-30-22(27)15-9-17(23)21-19(10-15)28-5-4-6-29-21/h7-10H,4-6,11H2,1-3H3. The van der Waals surface area contributed by atoms with Crippen LogP contribution in [-0.2, 0) is 4.74 Å². The highest BCUT2D eigenvalue weighted by atomic mass is 35.5. The molecule has 8 nitrogen and oxygen atoms in total. The zero-order valence-corrected chi connectivity index (χ0v) is 18.1. The van der Waals surface area contributed by atoms with E-state index in [9.17, 15) is 9.59 Å². The molecule has 0 N–H and O–H groups in total. The molecule has 0 radical (unpaired) electrons. The molecule has 162 valence electrons. The van der Waals surface area contributed by atoms with Crippen LogP contribution in [0.5, 0.6) is 11.5 Å². The maximum atomic E-state index is 12.7. The molecule has 3 aromatic rings. The summed E-state index contributed by atoms with van der Waals surface area (Å²) in [6, 6.07) is 6.47. The summed E-state index contributed by atoms with van der Waals surface area (Å²) >= 11 is 6.23. The number of aromatic nitrogens is 2. The normalized spacial score (nSPS) is 13.0. The van der Waals surface area contributed by atoms with Crippen molar-refractivity contribution in [3.05, 3.63) is 57.6 Å². The van der Waals surface area contributed by atoms with Crippen LogP contribution in [-0.4, -0.2) is 41.3 Å². The number of nitrogens with zero attached hydrogens (tertiary/aromatic N) is 2. The van der Waals surface area contributed by atoms with Crippen LogP contribution < -0.4 is 9.47 Å². The van der Waals surface area contributed by atoms with E-state index in [0.717, 1.165) is 5.69 Å². The number of halogens is 1. The van der Waals surface area contributed by atoms with Crippen LogP contribution in [0.3, 0.4) is 0 Å². The second-order valence-electron chi connectivity index (χ2n) is 7.25. The molecule has 0 saturated heterocycles. The number of hydrogen-bond acceptors (Lipinski definition) is 7. The molecule has 0 spiro atoms. The summed E-state index contributed by atoms with van der Waals surface area (Å²) in [5.74, 6) is 1.04. The van der Waals surface area contributed by atoms with Gasteiger partial charge in [-0.1, -0.05) is 16.8 Å². The number of carbonyl (C=O) groups excluding carboxylic acids is 2. The van der Waals surface area contributed by atoms with Crippen LogP contribution in [0.4, 0.5) is 0 Å². The maximum absolute atomic E-state index is 12.7. The summed E-state index contributed by atoms with van der Waals surface area (Å²) in [5, 5.41) is 4.25. The highest BCUT2D eigenvalue weighted by molar-refractivity contribution is 6.32. The molecule has 31 heavy (non-hydrogen) atoms. The predicted molar refractivity (Wildman–Crippen MR) is 112 cm³/mol. The number of aryl methyl sites for hydroxylation is 2. The second kappa shape index (κ2) is 8.47. The van der Waals surface area contributed by atoms with Gasteiger partial charge in [-0.15, -0.1) is 0 Å². The van der Waals surface area contributed by atoms with Gasteiger partial charge in [-0.25, -0.2) is 4.79 Å². The summed E-state index contributed by atoms with van der Waals surface area (Å²) in [4.78, 5) is 25.3. The van der Waals surface area contributed by atoms with E-state index in [1.54, 1.807) is 26.0 Å². The quantitative estimate of drug-likeness (QED) is 0.429. The number of ether oxygens (including phenoxy) is 3. The first-order valence-corrected chi connectivity index (χ1v) is 10.1. The number of rotatable bonds is 5. The van der Waals surface area contributed by atoms with Crippen LogP contribution in [0, 0.1) is 20.8 Å². The first-order valence-electron chi connectivity index (χ1n) is 9.77. The number of esters is 1. The minimum atomic E-state index is -0.674. The van der Waals surface area contributed by atoms with Crippen molar-refractivity contribution in [3.8, 4) is 17.3 Å². The lowest BCUT2D eigenvalue weighted by molar-refractivity contribution is 0.0474. The van der Waals surface area contributed by atoms with Gasteiger partial charge < -0.3 is 18.7 Å². The summed E-state index contributed by atoms with van der Waals surface area (Å²) in [6.07, 6.45) is 0.714. The number of benzene rings is 1. The number of fused-ring (bicyclic) bond motifs is 1. The van der Waals surface area contributed by atoms with Crippen molar-refractivity contribution in [2.75, 3.05) is 19.8 Å². The molecule has 2 aromatic heterocycles. The molecule has 0 atom stereocenters. The number of Topliss-reactive ketones (excluding diaryl/α,β-unsaturated/α-hetero) is 1. The second-order valence-corrected chi connectivity index (χ2v) is 7.66. The molecule has 0 bridgehead atoms. The largest absolute Gasteiger partial charge is 0.489 e. The van der Waals surface area contributed by atoms with Crippen molar-refractivity contribution in [3.63, 3.8) is 0 Å². The average Bonchev–Trinajstić information content (AvgIpc) is 3.17. The van der Waals surface area contributed by atoms with Gasteiger partial charge in [0.25, 0.3) is 0 Å². The van der Waals surface area contributed by atoms with Gasteiger partial charge in [-0.3, -0.25) is 9.36 Å². The third kappa shape index (κ3) is 4.16. The molecule has 9 heteroatoms. The van der Waals surface area contributed by atoms with E-state index in [1.165, 1.54) is 12.1 Å². The lowest BCUT2D eigenvalue weighted by atomic mass is 10.1. The van der Waals surface area contributed by atoms with Crippen molar-refractivity contribution in [2.45, 2.75) is 27.2 Å². The molecule has 0 aliphatic carbocycles. The van der Waals surface area contributed by atoms with Crippen molar-refractivity contribution < 1.29 is 28.3 Å². The molecular formula is C22H21ClN2O6. The fourth-order valence-corrected chi connectivity index (χ4v) is 3.76. The Balaban J connectivity index is 1.49. The lowest BCUT2D eigenvalue weighted by Crippen LogP contribution is -2.15. The molecule has 0 amide bonds. The van der Waals surface area contributed by atoms with Crippen LogP contribution in [0.25, 0.3) is 5.82 Å². The zero-order valence-electron chi connectivity index (χ0n) is 17.4. The van der Waals surface area contributed by atoms with Gasteiger partial charge in [0.05, 0.1) is 23.8 Å². The third-order valence-electron chi connectivity index (χ3n) is 4.95. The summed E-state index contributed by atoms with van der Waals surface area (Å²) in [6.45, 7) is 5.99. The zero-order chi connectivity index (χ0) is 22.1. The molecule has 1 aliphatic heterocycles. The lowest BCUT2D eigenvalue weighted by Gasteiger charge is -2.11. The Morgan fingerprint density at radius 3 is 2.65 bits per heavy atom. The van der Waals surface area contributed by atoms with E-state index in [4.69, 9.17) is 30.3 Å². The molecule has 0 unspecified atom stereocenters. The van der Waals surface area contributed by atoms with Gasteiger partial charge in [0, 0.05) is 29.4 Å². The van der Waals surface area contributed by atoms with E-state index >= 15 is 0 Å². The van der Waals surface area contributed by atoms with Gasteiger partial charge in [0.2, 0.25) is 5.78 Å². The minimum Gasteiger partial charge on any atom is -0.489 e. The van der Waals surface area contributed by atoms with Crippen molar-refractivity contribution >= 4 is 23.4 Å². The number of hydrogen-bond donors (Lipinski definition) is 0. The summed E-state index contributed by atoms with van der Waals surface area (Å²) in [5.41, 5.74) is 2.13. The first-order chi connectivity index (χ1) is 14.8. The molecule has 0 fully saturated rings. The van der Waals surface area contributed by atoms with Crippen molar-refractivity contribution in [1.82, 2.24) is 9.72 Å². The monoisotopic (exact) mass is 444 g/mol. The van der Waals surface area contributed by atoms with E-state index in [-0.39, 0.29) is 16.4 Å². The fraction of sp³-hybridized carbons (Fsp3) is 0.318. The predicted octanol–water partition coefficient (Wildman–Crippen LogP) is 4.24. The number of ketones is 1. The number of carbonyl (C=O) groups is 2. The van der Waals surface area contributed by atoms with Crippen molar-refractivity contribution in [2.24, 2.45) is 0 Å². The molecule has 0 saturated carbocycles. The fourth-order valence-electron chi connectivity index (χ4n) is 3.50. The van der Waals surface area contributed by atoms with Crippen LogP contribution in [0.15, 0.2) is 28.8 Å². The Morgan fingerprint density at radius 2 is 1.90 bits per heavy atom. The van der Waals surface area contributed by atoms with E-state index in [2.05, 4.69) is 5.16 Å². The van der Waals surface area contributed by atoms with Gasteiger partial charge >= 0.3 is 5.97 Å². The smallest absolute Gasteiger partial charge is 0.338 e. The van der Waals surface area contributed by atoms with Gasteiger partial charge in [-0.2, -0.15) is 0 Å². The van der Waals surface area contributed by atoms with Crippen LogP contribution in [0.1, 0.15) is 44.3 Å². The van der Waals surface area contributed by atoms with Crippen LogP contribution in [0.2, 0.25) is 5.02 Å².